The van der Waals surface area contributed by atoms with Gasteiger partial charge in [0, 0.05) is 52.2 Å². The summed E-state index contributed by atoms with van der Waals surface area (Å²) in [5.41, 5.74) is 2.77. The first-order valence-corrected chi connectivity index (χ1v) is 10.9. The van der Waals surface area contributed by atoms with Gasteiger partial charge in [-0.3, -0.25) is 10.2 Å². The Morgan fingerprint density at radius 1 is 1.32 bits per heavy atom. The average molecular weight is 471 g/mol. The van der Waals surface area contributed by atoms with Crippen molar-refractivity contribution in [1.29, 1.82) is 5.26 Å². The van der Waals surface area contributed by atoms with Crippen LogP contribution in [0.2, 0.25) is 0 Å². The molecule has 0 radical (unpaired) electrons. The molecule has 3 rings (SSSR count). The lowest BCUT2D eigenvalue weighted by Crippen LogP contribution is -2.40. The molecule has 182 valence electrons. The number of aliphatic hydroxyl groups is 1. The number of methoxy groups -OCH3 is 3. The van der Waals surface area contributed by atoms with E-state index in [4.69, 9.17) is 14.2 Å². The summed E-state index contributed by atoms with van der Waals surface area (Å²) in [4.78, 5) is 23.6. The number of urea groups is 1. The smallest absolute Gasteiger partial charge is 0.328 e. The van der Waals surface area contributed by atoms with Gasteiger partial charge in [-0.25, -0.2) is 14.8 Å². The fourth-order valence-corrected chi connectivity index (χ4v) is 3.79. The number of fused-ring (bicyclic) bond motifs is 1. The van der Waals surface area contributed by atoms with E-state index in [-0.39, 0.29) is 0 Å². The number of hydrogen-bond donors (Lipinski definition) is 3. The Bertz CT molecular complexity index is 1050. The third-order valence-electron chi connectivity index (χ3n) is 5.45. The number of anilines is 3. The molecule has 0 bridgehead atoms. The maximum atomic E-state index is 13.2. The van der Waals surface area contributed by atoms with Gasteiger partial charge in [-0.05, 0) is 31.4 Å². The van der Waals surface area contributed by atoms with Gasteiger partial charge in [0.2, 0.25) is 6.29 Å². The van der Waals surface area contributed by atoms with Crippen molar-refractivity contribution >= 4 is 23.4 Å². The fraction of sp³-hybridized carbons (Fsp3) is 0.478. The zero-order chi connectivity index (χ0) is 24.7. The lowest BCUT2D eigenvalue weighted by molar-refractivity contribution is -0.109. The van der Waals surface area contributed by atoms with Crippen LogP contribution >= 0.6 is 0 Å². The van der Waals surface area contributed by atoms with Gasteiger partial charge in [-0.1, -0.05) is 0 Å². The van der Waals surface area contributed by atoms with Crippen LogP contribution in [0.4, 0.5) is 22.1 Å². The number of rotatable bonds is 9. The second-order valence-corrected chi connectivity index (χ2v) is 7.76. The van der Waals surface area contributed by atoms with Gasteiger partial charge in [0.05, 0.1) is 24.0 Å². The SMILES string of the molecule is COCCNc1cc(NC(=O)N2CCCc3cc(C(C)O)c(C(OC)OC)nc32)ncc1C#N. The summed E-state index contributed by atoms with van der Waals surface area (Å²) in [6, 6.07) is 5.13. The van der Waals surface area contributed by atoms with Crippen LogP contribution in [0.15, 0.2) is 18.3 Å². The Hall–Kier alpha value is -3.30. The number of nitrogens with one attached hydrogen (secondary N) is 2. The number of aliphatic hydroxyl groups excluding tert-OH is 1. The molecule has 2 amide bonds. The molecule has 2 aromatic heterocycles. The molecule has 2 aromatic rings. The summed E-state index contributed by atoms with van der Waals surface area (Å²) < 4.78 is 15.8. The maximum absolute atomic E-state index is 13.2. The van der Waals surface area contributed by atoms with Crippen molar-refractivity contribution in [3.63, 3.8) is 0 Å². The highest BCUT2D eigenvalue weighted by Gasteiger charge is 2.29. The van der Waals surface area contributed by atoms with E-state index in [1.165, 1.54) is 25.3 Å². The molecule has 0 aliphatic carbocycles. The van der Waals surface area contributed by atoms with Gasteiger partial charge in [-0.2, -0.15) is 5.26 Å². The zero-order valence-corrected chi connectivity index (χ0v) is 19.8. The van der Waals surface area contributed by atoms with E-state index in [9.17, 15) is 15.2 Å². The third kappa shape index (κ3) is 5.60. The molecule has 1 atom stereocenters. The summed E-state index contributed by atoms with van der Waals surface area (Å²) in [6.07, 6.45) is 1.30. The standard InChI is InChI=1S/C23H30N6O5/c1-14(30)17-10-15-6-5-8-29(21(15)28-20(17)22(33-3)34-4)23(31)27-19-11-18(25-7-9-32-2)16(12-24)13-26-19/h10-11,13-14,22,30H,5-9H2,1-4H3,(H2,25,26,27,31). The Morgan fingerprint density at radius 3 is 2.74 bits per heavy atom. The monoisotopic (exact) mass is 470 g/mol. The lowest BCUT2D eigenvalue weighted by Gasteiger charge is -2.30. The summed E-state index contributed by atoms with van der Waals surface area (Å²) in [6.45, 7) is 3.07. The number of pyridine rings is 2. The van der Waals surface area contributed by atoms with Gasteiger partial charge in [0.15, 0.2) is 0 Å². The van der Waals surface area contributed by atoms with Gasteiger partial charge in [0.25, 0.3) is 0 Å². The number of nitriles is 1. The first-order chi connectivity index (χ1) is 16.4. The van der Waals surface area contributed by atoms with Gasteiger partial charge in [-0.15, -0.1) is 0 Å². The summed E-state index contributed by atoms with van der Waals surface area (Å²) in [5.74, 6) is 0.776. The third-order valence-corrected chi connectivity index (χ3v) is 5.45. The van der Waals surface area contributed by atoms with E-state index < -0.39 is 18.4 Å². The molecule has 11 nitrogen and oxygen atoms in total. The van der Waals surface area contributed by atoms with Crippen molar-refractivity contribution < 1.29 is 24.1 Å². The van der Waals surface area contributed by atoms with Crippen LogP contribution in [0.3, 0.4) is 0 Å². The lowest BCUT2D eigenvalue weighted by atomic mass is 9.99. The van der Waals surface area contributed by atoms with Crippen molar-refractivity contribution in [2.24, 2.45) is 0 Å². The van der Waals surface area contributed by atoms with Crippen molar-refractivity contribution in [2.45, 2.75) is 32.2 Å². The second-order valence-electron chi connectivity index (χ2n) is 7.76. The molecule has 0 saturated carbocycles. The molecular formula is C23H30N6O5. The summed E-state index contributed by atoms with van der Waals surface area (Å²) >= 11 is 0. The normalized spacial score (nSPS) is 13.9. The van der Waals surface area contributed by atoms with Crippen LogP contribution in [-0.4, -0.2) is 62.1 Å². The van der Waals surface area contributed by atoms with E-state index in [0.717, 1.165) is 18.4 Å². The van der Waals surface area contributed by atoms with Gasteiger partial charge in [0.1, 0.15) is 23.4 Å². The molecule has 34 heavy (non-hydrogen) atoms. The van der Waals surface area contributed by atoms with Crippen LogP contribution in [0.25, 0.3) is 0 Å². The number of hydrogen-bond acceptors (Lipinski definition) is 9. The molecule has 3 heterocycles. The van der Waals surface area contributed by atoms with Crippen molar-refractivity contribution in [2.75, 3.05) is 56.6 Å². The van der Waals surface area contributed by atoms with Crippen LogP contribution < -0.4 is 15.5 Å². The molecule has 0 saturated heterocycles. The molecule has 1 unspecified atom stereocenters. The predicted molar refractivity (Wildman–Crippen MR) is 126 cm³/mol. The van der Waals surface area contributed by atoms with Gasteiger partial charge >= 0.3 is 6.03 Å². The minimum absolute atomic E-state index is 0.295. The number of aryl methyl sites for hydroxylation is 1. The second kappa shape index (κ2) is 11.7. The van der Waals surface area contributed by atoms with Crippen LogP contribution in [0, 0.1) is 11.3 Å². The molecule has 3 N–H and O–H groups in total. The van der Waals surface area contributed by atoms with Crippen LogP contribution in [0.1, 0.15) is 48.1 Å². The molecule has 0 fully saturated rings. The Balaban J connectivity index is 1.90. The Morgan fingerprint density at radius 2 is 2.09 bits per heavy atom. The van der Waals surface area contributed by atoms with E-state index >= 15 is 0 Å². The Labute approximate surface area is 198 Å². The molecule has 0 spiro atoms. The predicted octanol–water partition coefficient (Wildman–Crippen LogP) is 2.74. The van der Waals surface area contributed by atoms with Crippen molar-refractivity contribution in [1.82, 2.24) is 9.97 Å². The zero-order valence-electron chi connectivity index (χ0n) is 19.8. The minimum atomic E-state index is -0.789. The number of aromatic nitrogens is 2. The van der Waals surface area contributed by atoms with Crippen molar-refractivity contribution in [3.8, 4) is 6.07 Å². The first-order valence-electron chi connectivity index (χ1n) is 10.9. The van der Waals surface area contributed by atoms with Crippen molar-refractivity contribution in [3.05, 3.63) is 40.7 Å². The number of ether oxygens (including phenoxy) is 3. The van der Waals surface area contributed by atoms with E-state index in [2.05, 4.69) is 26.7 Å². The fourth-order valence-electron chi connectivity index (χ4n) is 3.79. The first kappa shape index (κ1) is 25.3. The molecule has 11 heteroatoms. The van der Waals surface area contributed by atoms with Crippen LogP contribution in [-0.2, 0) is 20.6 Å². The minimum Gasteiger partial charge on any atom is -0.389 e. The number of carbonyl (C=O) groups is 1. The van der Waals surface area contributed by atoms with Gasteiger partial charge < -0.3 is 24.6 Å². The number of carbonyl (C=O) groups excluding carboxylic acids is 1. The average Bonchev–Trinajstić information content (AvgIpc) is 2.84. The Kier molecular flexibility index (Phi) is 8.72. The summed E-state index contributed by atoms with van der Waals surface area (Å²) in [7, 11) is 4.56. The number of amides is 2. The molecule has 0 aromatic carbocycles. The molecular weight excluding hydrogens is 440 g/mol. The van der Waals surface area contributed by atoms with E-state index in [1.807, 2.05) is 6.07 Å². The van der Waals surface area contributed by atoms with Crippen LogP contribution in [0.5, 0.6) is 0 Å². The maximum Gasteiger partial charge on any atom is 0.328 e. The largest absolute Gasteiger partial charge is 0.389 e. The quantitative estimate of drug-likeness (QED) is 0.372. The highest BCUT2D eigenvalue weighted by Crippen LogP contribution is 2.33. The number of nitrogens with zero attached hydrogens (tertiary/aromatic N) is 4. The highest BCUT2D eigenvalue weighted by atomic mass is 16.7. The highest BCUT2D eigenvalue weighted by molar-refractivity contribution is 6.01. The summed E-state index contributed by atoms with van der Waals surface area (Å²) in [5, 5.41) is 25.5. The van der Waals surface area contributed by atoms with E-state index in [0.29, 0.717) is 53.8 Å². The van der Waals surface area contributed by atoms with E-state index in [1.54, 1.807) is 20.1 Å². The molecule has 1 aliphatic heterocycles. The molecule has 1 aliphatic rings. The topological polar surface area (TPSA) is 142 Å².